The van der Waals surface area contributed by atoms with Crippen molar-refractivity contribution in [1.82, 2.24) is 0 Å². The second-order valence-corrected chi connectivity index (χ2v) is 2.66. The first kappa shape index (κ1) is 8.25. The molecule has 0 fully saturated rings. The molecule has 0 aliphatic carbocycles. The van der Waals surface area contributed by atoms with E-state index < -0.39 is 0 Å². The van der Waals surface area contributed by atoms with Crippen LogP contribution < -0.4 is 0 Å². The van der Waals surface area contributed by atoms with Gasteiger partial charge in [0.1, 0.15) is 5.82 Å². The van der Waals surface area contributed by atoms with Gasteiger partial charge in [0.2, 0.25) is 0 Å². The summed E-state index contributed by atoms with van der Waals surface area (Å²) in [6.45, 7) is 5.86. The van der Waals surface area contributed by atoms with Crippen molar-refractivity contribution in [1.29, 1.82) is 0 Å². The molecule has 0 bridgehead atoms. The molecule has 0 unspecified atom stereocenters. The molecule has 0 saturated carbocycles. The fourth-order valence-electron chi connectivity index (χ4n) is 1.11. The monoisotopic (exact) mass is 151 g/mol. The predicted octanol–water partition coefficient (Wildman–Crippen LogP) is 2.96. The highest BCUT2D eigenvalue weighted by molar-refractivity contribution is 5.30. The van der Waals surface area contributed by atoms with E-state index in [2.05, 4.69) is 13.8 Å². The molecule has 0 spiro atoms. The zero-order valence-corrected chi connectivity index (χ0v) is 6.73. The predicted molar refractivity (Wildman–Crippen MR) is 44.9 cm³/mol. The molecular weight excluding hydrogens is 139 g/mol. The van der Waals surface area contributed by atoms with E-state index in [4.69, 9.17) is 0 Å². The molecule has 0 aliphatic rings. The normalized spacial score (nSPS) is 10.1. The van der Waals surface area contributed by atoms with Gasteiger partial charge in [-0.05, 0) is 36.6 Å². The highest BCUT2D eigenvalue weighted by atomic mass is 19.1. The fourth-order valence-corrected chi connectivity index (χ4v) is 1.11. The van der Waals surface area contributed by atoms with Crippen LogP contribution in [0, 0.1) is 12.7 Å². The zero-order chi connectivity index (χ0) is 8.27. The Morgan fingerprint density at radius 3 is 2.73 bits per heavy atom. The Bertz CT molecular complexity index is 241. The van der Waals surface area contributed by atoms with E-state index in [-0.39, 0.29) is 5.82 Å². The number of rotatable bonds is 2. The minimum atomic E-state index is -0.199. The summed E-state index contributed by atoms with van der Waals surface area (Å²) < 4.78 is 12.5. The molecule has 0 saturated heterocycles. The summed E-state index contributed by atoms with van der Waals surface area (Å²) in [4.78, 5) is 0. The fraction of sp³-hybridized carbons (Fsp3) is 0.300. The molecule has 0 nitrogen and oxygen atoms in total. The Labute approximate surface area is 67.1 Å². The van der Waals surface area contributed by atoms with E-state index in [0.717, 1.165) is 24.0 Å². The van der Waals surface area contributed by atoms with Crippen LogP contribution in [0.1, 0.15) is 24.5 Å². The van der Waals surface area contributed by atoms with Crippen molar-refractivity contribution in [3.05, 3.63) is 42.1 Å². The standard InChI is InChI=1S/C10H12F/c1-3-4-9-5-6-10(11)7-8(9)2/h5-7H,2-4H2,1H3. The molecule has 0 atom stereocenters. The van der Waals surface area contributed by atoms with Crippen LogP contribution in [0.2, 0.25) is 0 Å². The summed E-state index contributed by atoms with van der Waals surface area (Å²) in [5, 5.41) is 0. The van der Waals surface area contributed by atoms with E-state index in [1.54, 1.807) is 6.07 Å². The molecule has 0 aliphatic heterocycles. The third-order valence-corrected chi connectivity index (χ3v) is 1.69. The summed E-state index contributed by atoms with van der Waals surface area (Å²) in [5.74, 6) is -0.199. The van der Waals surface area contributed by atoms with Crippen molar-refractivity contribution >= 4 is 0 Å². The molecule has 1 heteroatoms. The molecule has 1 aromatic rings. The second-order valence-electron chi connectivity index (χ2n) is 2.66. The maximum absolute atomic E-state index is 12.5. The van der Waals surface area contributed by atoms with E-state index in [9.17, 15) is 4.39 Å². The Morgan fingerprint density at radius 2 is 2.18 bits per heavy atom. The molecule has 0 heterocycles. The van der Waals surface area contributed by atoms with Gasteiger partial charge in [-0.15, -0.1) is 0 Å². The largest absolute Gasteiger partial charge is 0.207 e. The first-order chi connectivity index (χ1) is 5.24. The number of hydrogen-bond donors (Lipinski definition) is 0. The van der Waals surface area contributed by atoms with Crippen LogP contribution in [-0.2, 0) is 6.42 Å². The number of hydrogen-bond acceptors (Lipinski definition) is 0. The van der Waals surface area contributed by atoms with Crippen LogP contribution in [0.5, 0.6) is 0 Å². The van der Waals surface area contributed by atoms with E-state index in [1.807, 2.05) is 0 Å². The molecule has 11 heavy (non-hydrogen) atoms. The van der Waals surface area contributed by atoms with Crippen LogP contribution in [0.15, 0.2) is 18.2 Å². The average Bonchev–Trinajstić information content (AvgIpc) is 1.95. The van der Waals surface area contributed by atoms with Crippen LogP contribution in [0.25, 0.3) is 0 Å². The van der Waals surface area contributed by atoms with Gasteiger partial charge in [-0.2, -0.15) is 0 Å². The summed E-state index contributed by atoms with van der Waals surface area (Å²) in [6.07, 6.45) is 2.06. The minimum absolute atomic E-state index is 0.199. The van der Waals surface area contributed by atoms with Crippen LogP contribution in [0.3, 0.4) is 0 Å². The van der Waals surface area contributed by atoms with Crippen molar-refractivity contribution in [3.8, 4) is 0 Å². The van der Waals surface area contributed by atoms with Gasteiger partial charge in [0.25, 0.3) is 0 Å². The van der Waals surface area contributed by atoms with Gasteiger partial charge >= 0.3 is 0 Å². The van der Waals surface area contributed by atoms with Crippen molar-refractivity contribution in [2.75, 3.05) is 0 Å². The van der Waals surface area contributed by atoms with Crippen LogP contribution in [0.4, 0.5) is 4.39 Å². The Balaban J connectivity index is 2.90. The highest BCUT2D eigenvalue weighted by Gasteiger charge is 1.97. The van der Waals surface area contributed by atoms with Crippen molar-refractivity contribution in [2.24, 2.45) is 0 Å². The lowest BCUT2D eigenvalue weighted by Crippen LogP contribution is -1.88. The quantitative estimate of drug-likeness (QED) is 0.609. The van der Waals surface area contributed by atoms with Gasteiger partial charge < -0.3 is 0 Å². The third kappa shape index (κ3) is 2.04. The summed E-state index contributed by atoms with van der Waals surface area (Å²) >= 11 is 0. The molecule has 1 rings (SSSR count). The van der Waals surface area contributed by atoms with Crippen LogP contribution in [-0.4, -0.2) is 0 Å². The topological polar surface area (TPSA) is 0 Å². The summed E-state index contributed by atoms with van der Waals surface area (Å²) in [5.41, 5.74) is 1.96. The van der Waals surface area contributed by atoms with Gasteiger partial charge in [-0.25, -0.2) is 4.39 Å². The molecule has 59 valence electrons. The maximum Gasteiger partial charge on any atom is 0.123 e. The van der Waals surface area contributed by atoms with E-state index >= 15 is 0 Å². The van der Waals surface area contributed by atoms with Gasteiger partial charge in [-0.1, -0.05) is 19.4 Å². The average molecular weight is 151 g/mol. The first-order valence-corrected chi connectivity index (χ1v) is 3.84. The van der Waals surface area contributed by atoms with E-state index in [0.29, 0.717) is 0 Å². The lowest BCUT2D eigenvalue weighted by atomic mass is 10.0. The second kappa shape index (κ2) is 3.51. The SMILES string of the molecule is [CH2]c1cc(F)ccc1CCC. The lowest BCUT2D eigenvalue weighted by molar-refractivity contribution is 0.626. The lowest BCUT2D eigenvalue weighted by Gasteiger charge is -2.02. The number of aryl methyl sites for hydroxylation is 1. The Hall–Kier alpha value is -0.850. The smallest absolute Gasteiger partial charge is 0.123 e. The molecule has 1 aromatic carbocycles. The van der Waals surface area contributed by atoms with Crippen molar-refractivity contribution in [2.45, 2.75) is 19.8 Å². The molecule has 0 aromatic heterocycles. The maximum atomic E-state index is 12.5. The molecule has 1 radical (unpaired) electrons. The van der Waals surface area contributed by atoms with Crippen molar-refractivity contribution < 1.29 is 4.39 Å². The Morgan fingerprint density at radius 1 is 1.45 bits per heavy atom. The van der Waals surface area contributed by atoms with Gasteiger partial charge in [0, 0.05) is 0 Å². The third-order valence-electron chi connectivity index (χ3n) is 1.69. The number of benzene rings is 1. The van der Waals surface area contributed by atoms with Gasteiger partial charge in [0.15, 0.2) is 0 Å². The van der Waals surface area contributed by atoms with Crippen molar-refractivity contribution in [3.63, 3.8) is 0 Å². The highest BCUT2D eigenvalue weighted by Crippen LogP contribution is 2.11. The first-order valence-electron chi connectivity index (χ1n) is 3.84. The van der Waals surface area contributed by atoms with Gasteiger partial charge in [0.05, 0.1) is 0 Å². The molecule has 0 amide bonds. The van der Waals surface area contributed by atoms with E-state index in [1.165, 1.54) is 12.1 Å². The van der Waals surface area contributed by atoms with Gasteiger partial charge in [-0.3, -0.25) is 0 Å². The number of halogens is 1. The van der Waals surface area contributed by atoms with Crippen LogP contribution >= 0.6 is 0 Å². The zero-order valence-electron chi connectivity index (χ0n) is 6.73. The Kier molecular flexibility index (Phi) is 2.64. The molecular formula is C10H12F. The molecule has 0 N–H and O–H groups in total. The summed E-state index contributed by atoms with van der Waals surface area (Å²) in [6, 6.07) is 4.77. The summed E-state index contributed by atoms with van der Waals surface area (Å²) in [7, 11) is 0. The minimum Gasteiger partial charge on any atom is -0.207 e.